The molecule has 0 aliphatic rings. The molecule has 6 heteroatoms. The number of methoxy groups -OCH3 is 1. The minimum absolute atomic E-state index is 0.332. The van der Waals surface area contributed by atoms with Crippen LogP contribution in [-0.2, 0) is 21.3 Å². The molecule has 0 fully saturated rings. The molecule has 0 saturated heterocycles. The zero-order valence-electron chi connectivity index (χ0n) is 10.2. The van der Waals surface area contributed by atoms with E-state index in [1.807, 2.05) is 0 Å². The highest BCUT2D eigenvalue weighted by atomic mass is 32.2. The smallest absolute Gasteiger partial charge is 0.208 e. The van der Waals surface area contributed by atoms with Gasteiger partial charge in [-0.3, -0.25) is 4.21 Å². The third kappa shape index (κ3) is 3.30. The largest absolute Gasteiger partial charge is 0.440 e. The van der Waals surface area contributed by atoms with Gasteiger partial charge in [-0.15, -0.1) is 0 Å². The number of fused-ring (bicyclic) bond motifs is 1. The Kier molecular flexibility index (Phi) is 4.33. The predicted octanol–water partition coefficient (Wildman–Crippen LogP) is 1.70. The normalized spacial score (nSPS) is 12.9. The van der Waals surface area contributed by atoms with E-state index in [4.69, 9.17) is 14.9 Å². The van der Waals surface area contributed by atoms with Gasteiger partial charge in [0.25, 0.3) is 0 Å². The maximum absolute atomic E-state index is 11.8. The van der Waals surface area contributed by atoms with Gasteiger partial charge in [-0.2, -0.15) is 0 Å². The van der Waals surface area contributed by atoms with Gasteiger partial charge in [0.05, 0.1) is 0 Å². The summed E-state index contributed by atoms with van der Waals surface area (Å²) in [6.07, 6.45) is 0.774. The van der Waals surface area contributed by atoms with Crippen LogP contribution < -0.4 is 5.73 Å². The van der Waals surface area contributed by atoms with Crippen molar-refractivity contribution in [3.8, 4) is 0 Å². The van der Waals surface area contributed by atoms with Gasteiger partial charge in [0.2, 0.25) is 5.89 Å². The summed E-state index contributed by atoms with van der Waals surface area (Å²) in [5, 5.41) is 0. The van der Waals surface area contributed by atoms with Crippen LogP contribution in [0.15, 0.2) is 22.6 Å². The Hall–Kier alpha value is -1.40. The number of oxazole rings is 1. The maximum Gasteiger partial charge on any atom is 0.208 e. The number of aromatic nitrogens is 1. The highest BCUT2D eigenvalue weighted by Crippen LogP contribution is 2.19. The third-order valence-corrected chi connectivity index (χ3v) is 3.77. The number of rotatable bonds is 6. The molecule has 18 heavy (non-hydrogen) atoms. The lowest BCUT2D eigenvalue weighted by Gasteiger charge is -1.98. The zero-order valence-corrected chi connectivity index (χ0v) is 11.0. The van der Waals surface area contributed by atoms with E-state index >= 15 is 0 Å². The summed E-state index contributed by atoms with van der Waals surface area (Å²) in [5.74, 6) is 1.42. The van der Waals surface area contributed by atoms with Gasteiger partial charge < -0.3 is 14.9 Å². The number of ether oxygens (including phenoxy) is 1. The average Bonchev–Trinajstić information content (AvgIpc) is 2.70. The Morgan fingerprint density at radius 1 is 1.50 bits per heavy atom. The molecule has 1 aromatic carbocycles. The van der Waals surface area contributed by atoms with Crippen molar-refractivity contribution in [1.82, 2.24) is 4.98 Å². The quantitative estimate of drug-likeness (QED) is 0.637. The first-order chi connectivity index (χ1) is 8.69. The average molecular weight is 268 g/mol. The van der Waals surface area contributed by atoms with E-state index in [0.29, 0.717) is 40.8 Å². The molecule has 1 heterocycles. The van der Waals surface area contributed by atoms with E-state index < -0.39 is 10.8 Å². The van der Waals surface area contributed by atoms with E-state index in [9.17, 15) is 4.21 Å². The first-order valence-electron chi connectivity index (χ1n) is 5.68. The van der Waals surface area contributed by atoms with Crippen molar-refractivity contribution in [3.05, 3.63) is 24.1 Å². The molecule has 0 radical (unpaired) electrons. The Labute approximate surface area is 108 Å². The van der Waals surface area contributed by atoms with E-state index in [-0.39, 0.29) is 0 Å². The first kappa shape index (κ1) is 13.0. The summed E-state index contributed by atoms with van der Waals surface area (Å²) < 4.78 is 22.2. The number of benzene rings is 1. The van der Waals surface area contributed by atoms with Crippen LogP contribution in [0.5, 0.6) is 0 Å². The number of hydrogen-bond donors (Lipinski definition) is 1. The molecule has 98 valence electrons. The Morgan fingerprint density at radius 3 is 3.11 bits per heavy atom. The van der Waals surface area contributed by atoms with Crippen molar-refractivity contribution in [2.45, 2.75) is 12.2 Å². The van der Waals surface area contributed by atoms with Crippen molar-refractivity contribution in [1.29, 1.82) is 0 Å². The molecule has 0 amide bonds. The Balaban J connectivity index is 2.01. The second kappa shape index (κ2) is 5.97. The number of nitrogens with two attached hydrogens (primary N) is 1. The summed E-state index contributed by atoms with van der Waals surface area (Å²) in [6, 6.07) is 5.28. The lowest BCUT2D eigenvalue weighted by atomic mass is 10.3. The van der Waals surface area contributed by atoms with Gasteiger partial charge in [-0.25, -0.2) is 4.98 Å². The SMILES string of the molecule is COCCCS(=O)Cc1nc2cc(N)ccc2o1. The zero-order chi connectivity index (χ0) is 13.0. The number of nitrogens with zero attached hydrogens (tertiary/aromatic N) is 1. The molecule has 0 aliphatic heterocycles. The van der Waals surface area contributed by atoms with Gasteiger partial charge in [-0.05, 0) is 24.6 Å². The molecule has 2 rings (SSSR count). The van der Waals surface area contributed by atoms with Gasteiger partial charge in [0, 0.05) is 36.0 Å². The molecule has 1 unspecified atom stereocenters. The number of hydrogen-bond acceptors (Lipinski definition) is 5. The van der Waals surface area contributed by atoms with Crippen LogP contribution in [-0.4, -0.2) is 28.7 Å². The van der Waals surface area contributed by atoms with E-state index in [1.54, 1.807) is 25.3 Å². The van der Waals surface area contributed by atoms with E-state index in [0.717, 1.165) is 6.42 Å². The van der Waals surface area contributed by atoms with Crippen LogP contribution in [0.25, 0.3) is 11.1 Å². The number of nitrogen functional groups attached to an aromatic ring is 1. The summed E-state index contributed by atoms with van der Waals surface area (Å²) in [5.41, 5.74) is 7.68. The van der Waals surface area contributed by atoms with Crippen LogP contribution in [0.4, 0.5) is 5.69 Å². The highest BCUT2D eigenvalue weighted by Gasteiger charge is 2.09. The first-order valence-corrected chi connectivity index (χ1v) is 7.16. The fourth-order valence-corrected chi connectivity index (χ4v) is 2.61. The molecule has 1 aromatic heterocycles. The monoisotopic (exact) mass is 268 g/mol. The third-order valence-electron chi connectivity index (χ3n) is 2.46. The van der Waals surface area contributed by atoms with Crippen LogP contribution >= 0.6 is 0 Å². The minimum atomic E-state index is -0.972. The van der Waals surface area contributed by atoms with Gasteiger partial charge >= 0.3 is 0 Å². The molecular weight excluding hydrogens is 252 g/mol. The van der Waals surface area contributed by atoms with Gasteiger partial charge in [-0.1, -0.05) is 0 Å². The second-order valence-electron chi connectivity index (χ2n) is 3.97. The van der Waals surface area contributed by atoms with Gasteiger partial charge in [0.15, 0.2) is 5.58 Å². The topological polar surface area (TPSA) is 78.3 Å². The van der Waals surface area contributed by atoms with Crippen LogP contribution in [0.3, 0.4) is 0 Å². The fourth-order valence-electron chi connectivity index (χ4n) is 1.63. The lowest BCUT2D eigenvalue weighted by Crippen LogP contribution is -2.03. The maximum atomic E-state index is 11.8. The predicted molar refractivity (Wildman–Crippen MR) is 71.6 cm³/mol. The van der Waals surface area contributed by atoms with Crippen LogP contribution in [0.1, 0.15) is 12.3 Å². The van der Waals surface area contributed by atoms with E-state index in [1.165, 1.54) is 0 Å². The van der Waals surface area contributed by atoms with Crippen LogP contribution in [0, 0.1) is 0 Å². The molecular formula is C12H16N2O3S. The molecule has 0 saturated carbocycles. The Bertz CT molecular complexity index is 553. The molecule has 0 aliphatic carbocycles. The molecule has 2 N–H and O–H groups in total. The molecule has 0 spiro atoms. The molecule has 1 atom stereocenters. The van der Waals surface area contributed by atoms with Gasteiger partial charge in [0.1, 0.15) is 11.3 Å². The van der Waals surface area contributed by atoms with Crippen LogP contribution in [0.2, 0.25) is 0 Å². The summed E-state index contributed by atoms with van der Waals surface area (Å²) >= 11 is 0. The van der Waals surface area contributed by atoms with Crippen molar-refractivity contribution in [2.75, 3.05) is 25.2 Å². The highest BCUT2D eigenvalue weighted by molar-refractivity contribution is 7.84. The molecule has 2 aromatic rings. The Morgan fingerprint density at radius 2 is 2.33 bits per heavy atom. The van der Waals surface area contributed by atoms with Crippen molar-refractivity contribution < 1.29 is 13.4 Å². The summed E-state index contributed by atoms with van der Waals surface area (Å²) in [6.45, 7) is 0.621. The fraction of sp³-hybridized carbons (Fsp3) is 0.417. The van der Waals surface area contributed by atoms with Crippen molar-refractivity contribution in [2.24, 2.45) is 0 Å². The summed E-state index contributed by atoms with van der Waals surface area (Å²) in [7, 11) is 0.661. The lowest BCUT2D eigenvalue weighted by molar-refractivity contribution is 0.200. The van der Waals surface area contributed by atoms with E-state index in [2.05, 4.69) is 4.98 Å². The molecule has 5 nitrogen and oxygen atoms in total. The number of anilines is 1. The second-order valence-corrected chi connectivity index (χ2v) is 5.55. The van der Waals surface area contributed by atoms with Crippen molar-refractivity contribution in [3.63, 3.8) is 0 Å². The standard InChI is InChI=1S/C12H16N2O3S/c1-16-5-2-6-18(15)8-12-14-10-7-9(13)3-4-11(10)17-12/h3-4,7H,2,5-6,8,13H2,1H3. The minimum Gasteiger partial charge on any atom is -0.440 e. The van der Waals surface area contributed by atoms with Crippen molar-refractivity contribution >= 4 is 27.6 Å². The summed E-state index contributed by atoms with van der Waals surface area (Å²) in [4.78, 5) is 4.27. The molecule has 0 bridgehead atoms.